The van der Waals surface area contributed by atoms with Crippen LogP contribution in [0, 0.1) is 0 Å². The van der Waals surface area contributed by atoms with Crippen molar-refractivity contribution in [3.63, 3.8) is 0 Å². The fourth-order valence-electron chi connectivity index (χ4n) is 2.73. The van der Waals surface area contributed by atoms with Crippen molar-refractivity contribution < 1.29 is 0 Å². The van der Waals surface area contributed by atoms with Crippen LogP contribution in [-0.4, -0.2) is 25.8 Å². The lowest BCUT2D eigenvalue weighted by Crippen LogP contribution is -2.50. The maximum Gasteiger partial charge on any atom is 0.0735 e. The molecule has 0 spiro atoms. The molecule has 2 rings (SSSR count). The van der Waals surface area contributed by atoms with E-state index in [1.807, 2.05) is 5.20 Å². The number of allylic oxidation sites excluding steroid dienone is 1. The summed E-state index contributed by atoms with van der Waals surface area (Å²) in [6.07, 6.45) is 5.47. The van der Waals surface area contributed by atoms with Gasteiger partial charge in [-0.25, -0.2) is 0 Å². The Kier molecular flexibility index (Phi) is 3.27. The van der Waals surface area contributed by atoms with Crippen LogP contribution >= 0.6 is 21.6 Å². The molecule has 2 bridgehead atoms. The van der Waals surface area contributed by atoms with E-state index < -0.39 is 16.1 Å². The molecule has 1 aliphatic heterocycles. The van der Waals surface area contributed by atoms with Crippen LogP contribution in [0.15, 0.2) is 11.3 Å². The van der Waals surface area contributed by atoms with E-state index in [0.29, 0.717) is 4.37 Å². The van der Waals surface area contributed by atoms with E-state index in [1.165, 1.54) is 12.8 Å². The van der Waals surface area contributed by atoms with Gasteiger partial charge in [0.2, 0.25) is 0 Å². The molecule has 0 aromatic carbocycles. The van der Waals surface area contributed by atoms with Gasteiger partial charge in [-0.15, -0.1) is 0 Å². The standard InChI is InChI=1S/C12H24S2Si2/c1-15(2,3)11-7-8-12(16(4,5)6)9-10(11)13-14-12/h7,10H,8-9H2,1-6H3. The summed E-state index contributed by atoms with van der Waals surface area (Å²) in [5, 5.41) is 2.70. The van der Waals surface area contributed by atoms with E-state index >= 15 is 0 Å². The first-order chi connectivity index (χ1) is 7.16. The van der Waals surface area contributed by atoms with Gasteiger partial charge in [0.05, 0.1) is 16.1 Å². The minimum Gasteiger partial charge on any atom is -0.0895 e. The highest BCUT2D eigenvalue weighted by atomic mass is 33.1. The highest BCUT2D eigenvalue weighted by Crippen LogP contribution is 2.62. The van der Waals surface area contributed by atoms with E-state index in [0.717, 1.165) is 5.25 Å². The second-order valence-corrected chi connectivity index (χ2v) is 20.9. The molecule has 16 heavy (non-hydrogen) atoms. The summed E-state index contributed by atoms with van der Waals surface area (Å²) in [6, 6.07) is 0. The van der Waals surface area contributed by atoms with Gasteiger partial charge in [0, 0.05) is 9.62 Å². The van der Waals surface area contributed by atoms with Crippen molar-refractivity contribution in [2.24, 2.45) is 0 Å². The third-order valence-electron chi connectivity index (χ3n) is 4.07. The number of fused-ring (bicyclic) bond motifs is 2. The average Bonchev–Trinajstić information content (AvgIpc) is 2.41. The molecule has 1 saturated heterocycles. The molecule has 2 atom stereocenters. The van der Waals surface area contributed by atoms with Gasteiger partial charge in [-0.3, -0.25) is 0 Å². The second kappa shape index (κ2) is 3.93. The van der Waals surface area contributed by atoms with E-state index in [-0.39, 0.29) is 0 Å². The zero-order valence-corrected chi connectivity index (χ0v) is 15.0. The van der Waals surface area contributed by atoms with Crippen molar-refractivity contribution in [2.45, 2.75) is 61.7 Å². The molecule has 0 saturated carbocycles. The molecular weight excluding hydrogens is 264 g/mol. The van der Waals surface area contributed by atoms with Gasteiger partial charge in [-0.1, -0.05) is 72.1 Å². The van der Waals surface area contributed by atoms with Crippen LogP contribution in [-0.2, 0) is 0 Å². The first-order valence-electron chi connectivity index (χ1n) is 6.21. The van der Waals surface area contributed by atoms with Gasteiger partial charge in [0.25, 0.3) is 0 Å². The molecular formula is C12H24S2Si2. The van der Waals surface area contributed by atoms with Crippen LogP contribution in [0.5, 0.6) is 0 Å². The minimum atomic E-state index is -1.06. The molecule has 0 amide bonds. The van der Waals surface area contributed by atoms with E-state index in [2.05, 4.69) is 66.9 Å². The van der Waals surface area contributed by atoms with Crippen molar-refractivity contribution in [1.29, 1.82) is 0 Å². The lowest BCUT2D eigenvalue weighted by atomic mass is 10.1. The Balaban J connectivity index is 2.29. The van der Waals surface area contributed by atoms with Crippen LogP contribution in [0.4, 0.5) is 0 Å². The SMILES string of the molecule is C[Si](C)(C)C1=CCC2([Si](C)(C)C)CC1SS2. The van der Waals surface area contributed by atoms with Crippen molar-refractivity contribution >= 4 is 37.7 Å². The van der Waals surface area contributed by atoms with Crippen LogP contribution in [0.2, 0.25) is 39.3 Å². The monoisotopic (exact) mass is 288 g/mol. The van der Waals surface area contributed by atoms with Gasteiger partial charge in [-0.2, -0.15) is 0 Å². The summed E-state index contributed by atoms with van der Waals surface area (Å²) in [5.74, 6) is 0. The van der Waals surface area contributed by atoms with Crippen molar-refractivity contribution in [3.05, 3.63) is 11.3 Å². The fourth-order valence-corrected chi connectivity index (χ4v) is 14.5. The molecule has 92 valence electrons. The Labute approximate surface area is 110 Å². The molecule has 1 heterocycles. The number of hydrogen-bond donors (Lipinski definition) is 0. The van der Waals surface area contributed by atoms with Gasteiger partial charge in [0.15, 0.2) is 0 Å². The van der Waals surface area contributed by atoms with Crippen molar-refractivity contribution in [1.82, 2.24) is 0 Å². The molecule has 0 nitrogen and oxygen atoms in total. The Morgan fingerprint density at radius 1 is 1.19 bits per heavy atom. The maximum atomic E-state index is 2.64. The van der Waals surface area contributed by atoms with Gasteiger partial charge < -0.3 is 0 Å². The van der Waals surface area contributed by atoms with Crippen molar-refractivity contribution in [3.8, 4) is 0 Å². The molecule has 0 radical (unpaired) electrons. The summed E-state index contributed by atoms with van der Waals surface area (Å²) >= 11 is 0. The maximum absolute atomic E-state index is 2.64. The predicted molar refractivity (Wildman–Crippen MR) is 85.7 cm³/mol. The summed E-state index contributed by atoms with van der Waals surface area (Å²) < 4.78 is 0.644. The van der Waals surface area contributed by atoms with Crippen LogP contribution in [0.25, 0.3) is 0 Å². The fraction of sp³-hybridized carbons (Fsp3) is 0.833. The Bertz CT molecular complexity index is 325. The lowest BCUT2D eigenvalue weighted by molar-refractivity contribution is 0.679. The van der Waals surface area contributed by atoms with E-state index in [4.69, 9.17) is 0 Å². The zero-order valence-electron chi connectivity index (χ0n) is 11.4. The van der Waals surface area contributed by atoms with Gasteiger partial charge >= 0.3 is 0 Å². The summed E-state index contributed by atoms with van der Waals surface area (Å²) in [7, 11) is 2.32. The topological polar surface area (TPSA) is 0 Å². The third-order valence-corrected chi connectivity index (χ3v) is 15.6. The quantitative estimate of drug-likeness (QED) is 0.520. The lowest BCUT2D eigenvalue weighted by Gasteiger charge is -2.42. The molecule has 1 aliphatic carbocycles. The molecule has 0 aromatic heterocycles. The normalized spacial score (nSPS) is 35.1. The molecule has 2 unspecified atom stereocenters. The second-order valence-electron chi connectivity index (χ2n) is 7.23. The molecule has 2 aliphatic rings. The highest BCUT2D eigenvalue weighted by molar-refractivity contribution is 8.78. The van der Waals surface area contributed by atoms with E-state index in [9.17, 15) is 0 Å². The first kappa shape index (κ1) is 13.3. The molecule has 0 aromatic rings. The highest BCUT2D eigenvalue weighted by Gasteiger charge is 2.53. The van der Waals surface area contributed by atoms with Crippen molar-refractivity contribution in [2.75, 3.05) is 0 Å². The van der Waals surface area contributed by atoms with Crippen LogP contribution in [0.3, 0.4) is 0 Å². The Morgan fingerprint density at radius 3 is 2.31 bits per heavy atom. The van der Waals surface area contributed by atoms with Crippen LogP contribution in [0.1, 0.15) is 12.8 Å². The largest absolute Gasteiger partial charge is 0.0895 e. The van der Waals surface area contributed by atoms with Gasteiger partial charge in [0.1, 0.15) is 0 Å². The predicted octanol–water partition coefficient (Wildman–Crippen LogP) is 4.96. The molecule has 0 N–H and O–H groups in total. The third kappa shape index (κ3) is 2.11. The minimum absolute atomic E-state index is 0.644. The summed E-state index contributed by atoms with van der Waals surface area (Å²) in [5.41, 5.74) is 0. The summed E-state index contributed by atoms with van der Waals surface area (Å²) in [6.45, 7) is 15.2. The van der Waals surface area contributed by atoms with Crippen LogP contribution < -0.4 is 0 Å². The Morgan fingerprint density at radius 2 is 1.81 bits per heavy atom. The zero-order chi connectivity index (χ0) is 12.2. The van der Waals surface area contributed by atoms with Gasteiger partial charge in [-0.05, 0) is 12.8 Å². The average molecular weight is 289 g/mol. The first-order valence-corrected chi connectivity index (χ1v) is 15.4. The molecule has 4 heteroatoms. The van der Waals surface area contributed by atoms with E-state index in [1.54, 1.807) is 0 Å². The smallest absolute Gasteiger partial charge is 0.0735 e. The molecule has 1 fully saturated rings. The number of hydrogen-bond acceptors (Lipinski definition) is 2. The Hall–Kier alpha value is 0.874. The number of rotatable bonds is 2. The summed E-state index contributed by atoms with van der Waals surface area (Å²) in [4.78, 5) is 0.